The Labute approximate surface area is 157 Å². The van der Waals surface area contributed by atoms with Crippen LogP contribution in [-0.4, -0.2) is 41.7 Å². The Kier molecular flexibility index (Phi) is 13.6. The number of carbonyl (C=O) groups excluding carboxylic acids is 1. The molecule has 0 atom stereocenters. The molecule has 1 amide bonds. The van der Waals surface area contributed by atoms with Crippen molar-refractivity contribution in [1.29, 1.82) is 5.26 Å². The molecule has 0 heterocycles. The third-order valence-electron chi connectivity index (χ3n) is 3.68. The number of hydrogen-bond donors (Lipinski definition) is 1. The van der Waals surface area contributed by atoms with Crippen molar-refractivity contribution in [2.45, 2.75) is 53.4 Å². The molecule has 0 bridgehead atoms. The molecule has 6 heteroatoms. The maximum absolute atomic E-state index is 11.8. The number of hydrogen-bond acceptors (Lipinski definition) is 5. The molecule has 0 unspecified atom stereocenters. The van der Waals surface area contributed by atoms with E-state index in [-0.39, 0.29) is 5.91 Å². The highest BCUT2D eigenvalue weighted by atomic mass is 32.2. The van der Waals surface area contributed by atoms with Crippen molar-refractivity contribution in [2.24, 2.45) is 4.99 Å². The summed E-state index contributed by atoms with van der Waals surface area (Å²) in [6.45, 7) is 10.1. The van der Waals surface area contributed by atoms with E-state index in [1.807, 2.05) is 38.0 Å². The second kappa shape index (κ2) is 14.6. The van der Waals surface area contributed by atoms with Crippen LogP contribution in [-0.2, 0) is 4.79 Å². The van der Waals surface area contributed by atoms with E-state index in [9.17, 15) is 10.1 Å². The third kappa shape index (κ3) is 9.98. The van der Waals surface area contributed by atoms with Gasteiger partial charge in [-0.2, -0.15) is 5.26 Å². The lowest BCUT2D eigenvalue weighted by atomic mass is 10.1. The Morgan fingerprint density at radius 1 is 1.36 bits per heavy atom. The van der Waals surface area contributed by atoms with Crippen LogP contribution in [0.15, 0.2) is 28.5 Å². The van der Waals surface area contributed by atoms with Crippen molar-refractivity contribution in [3.63, 3.8) is 0 Å². The highest BCUT2D eigenvalue weighted by Gasteiger charge is 2.09. The maximum atomic E-state index is 11.8. The molecule has 0 aliphatic heterocycles. The summed E-state index contributed by atoms with van der Waals surface area (Å²) < 4.78 is 0. The van der Waals surface area contributed by atoms with Gasteiger partial charge in [-0.25, -0.2) is 0 Å². The first-order chi connectivity index (χ1) is 12.0. The number of thioether (sulfide) groups is 1. The third-order valence-corrected chi connectivity index (χ3v) is 4.37. The number of aliphatic imine (C=N–C) groups is 1. The van der Waals surface area contributed by atoms with Gasteiger partial charge in [-0.15, -0.1) is 11.8 Å². The summed E-state index contributed by atoms with van der Waals surface area (Å²) >= 11 is 1.56. The van der Waals surface area contributed by atoms with Crippen molar-refractivity contribution in [2.75, 3.05) is 25.9 Å². The predicted molar refractivity (Wildman–Crippen MR) is 108 cm³/mol. The molecule has 0 saturated heterocycles. The maximum Gasteiger partial charge on any atom is 0.222 e. The zero-order chi connectivity index (χ0) is 19.1. The van der Waals surface area contributed by atoms with Crippen LogP contribution in [0.5, 0.6) is 0 Å². The molecule has 25 heavy (non-hydrogen) atoms. The molecule has 0 aliphatic carbocycles. The summed E-state index contributed by atoms with van der Waals surface area (Å²) in [6.07, 6.45) is 8.94. The molecule has 1 N–H and O–H groups in total. The molecular weight excluding hydrogens is 332 g/mol. The van der Waals surface area contributed by atoms with Crippen LogP contribution in [0, 0.1) is 11.3 Å². The number of nitrogens with one attached hydrogen (secondary N) is 1. The van der Waals surface area contributed by atoms with Crippen LogP contribution in [0.4, 0.5) is 0 Å². The zero-order valence-corrected chi connectivity index (χ0v) is 17.1. The Bertz CT molecular complexity index is 532. The Hall–Kier alpha value is -1.74. The smallest absolute Gasteiger partial charge is 0.222 e. The van der Waals surface area contributed by atoms with Gasteiger partial charge in [0.05, 0.1) is 10.6 Å². The quantitative estimate of drug-likeness (QED) is 0.197. The van der Waals surface area contributed by atoms with Gasteiger partial charge in [-0.3, -0.25) is 9.79 Å². The van der Waals surface area contributed by atoms with Crippen LogP contribution in [0.25, 0.3) is 0 Å². The van der Waals surface area contributed by atoms with Crippen molar-refractivity contribution in [1.82, 2.24) is 10.2 Å². The first-order valence-corrected chi connectivity index (χ1v) is 10.2. The predicted octanol–water partition coefficient (Wildman–Crippen LogP) is 4.10. The van der Waals surface area contributed by atoms with Crippen molar-refractivity contribution >= 4 is 22.7 Å². The fourth-order valence-electron chi connectivity index (χ4n) is 2.11. The first-order valence-electron chi connectivity index (χ1n) is 8.94. The van der Waals surface area contributed by atoms with Crippen LogP contribution >= 0.6 is 11.8 Å². The minimum atomic E-state index is 0.184. The van der Waals surface area contributed by atoms with Gasteiger partial charge in [0, 0.05) is 38.0 Å². The fraction of sp³-hybridized carbons (Fsp3) is 0.632. The molecule has 0 rings (SSSR count). The minimum Gasteiger partial charge on any atom is -0.384 e. The molecule has 0 aromatic heterocycles. The molecule has 0 radical (unpaired) electrons. The second-order valence-corrected chi connectivity index (χ2v) is 6.52. The molecule has 0 fully saturated rings. The second-order valence-electron chi connectivity index (χ2n) is 5.52. The molecule has 0 aromatic carbocycles. The van der Waals surface area contributed by atoms with Gasteiger partial charge in [-0.05, 0) is 32.9 Å². The number of nitriles is 1. The first kappa shape index (κ1) is 23.3. The van der Waals surface area contributed by atoms with Gasteiger partial charge in [0.25, 0.3) is 0 Å². The van der Waals surface area contributed by atoms with E-state index in [1.165, 1.54) is 0 Å². The normalized spacial score (nSPS) is 12.7. The number of unbranched alkanes of at least 4 members (excludes halogenated alkanes) is 1. The molecule has 140 valence electrons. The number of allylic oxidation sites excluding steroid dienone is 2. The van der Waals surface area contributed by atoms with Crippen molar-refractivity contribution in [3.05, 3.63) is 23.5 Å². The molecule has 0 aliphatic rings. The van der Waals surface area contributed by atoms with Gasteiger partial charge < -0.3 is 10.2 Å². The molecule has 5 nitrogen and oxygen atoms in total. The van der Waals surface area contributed by atoms with E-state index < -0.39 is 0 Å². The summed E-state index contributed by atoms with van der Waals surface area (Å²) in [7, 11) is 0. The average molecular weight is 365 g/mol. The Morgan fingerprint density at radius 2 is 2.08 bits per heavy atom. The van der Waals surface area contributed by atoms with Gasteiger partial charge in [0.1, 0.15) is 6.07 Å². The molecule has 0 aromatic rings. The highest BCUT2D eigenvalue weighted by molar-refractivity contribution is 8.13. The number of amides is 1. The fourth-order valence-corrected chi connectivity index (χ4v) is 2.27. The highest BCUT2D eigenvalue weighted by Crippen LogP contribution is 2.10. The van der Waals surface area contributed by atoms with E-state index in [1.54, 1.807) is 18.0 Å². The van der Waals surface area contributed by atoms with Gasteiger partial charge in [0.2, 0.25) is 5.91 Å². The van der Waals surface area contributed by atoms with Crippen LogP contribution < -0.4 is 5.32 Å². The summed E-state index contributed by atoms with van der Waals surface area (Å²) in [4.78, 5) is 17.9. The summed E-state index contributed by atoms with van der Waals surface area (Å²) in [6, 6.07) is 2.23. The summed E-state index contributed by atoms with van der Waals surface area (Å²) in [5.74, 6) is 0.184. The zero-order valence-electron chi connectivity index (χ0n) is 16.3. The monoisotopic (exact) mass is 364 g/mol. The van der Waals surface area contributed by atoms with E-state index in [4.69, 9.17) is 0 Å². The van der Waals surface area contributed by atoms with Gasteiger partial charge >= 0.3 is 0 Å². The Morgan fingerprint density at radius 3 is 2.60 bits per heavy atom. The lowest BCUT2D eigenvalue weighted by molar-refractivity contribution is -0.130. The van der Waals surface area contributed by atoms with Crippen LogP contribution in [0.2, 0.25) is 0 Å². The van der Waals surface area contributed by atoms with Gasteiger partial charge in [-0.1, -0.05) is 26.3 Å². The summed E-state index contributed by atoms with van der Waals surface area (Å²) in [5.41, 5.74) is 1.37. The molecule has 0 spiro atoms. The van der Waals surface area contributed by atoms with E-state index in [0.29, 0.717) is 18.5 Å². The molecular formula is C19H32N4OS. The number of nitrogens with zero attached hydrogens (tertiary/aromatic N) is 3. The van der Waals surface area contributed by atoms with E-state index in [0.717, 1.165) is 43.1 Å². The number of carbonyl (C=O) groups is 1. The van der Waals surface area contributed by atoms with E-state index in [2.05, 4.69) is 23.3 Å². The van der Waals surface area contributed by atoms with Crippen molar-refractivity contribution in [3.8, 4) is 6.07 Å². The lowest BCUT2D eigenvalue weighted by Crippen LogP contribution is -2.32. The van der Waals surface area contributed by atoms with Gasteiger partial charge in [0.15, 0.2) is 0 Å². The van der Waals surface area contributed by atoms with E-state index >= 15 is 0 Å². The standard InChI is InChI=1S/C19H32N4OS/c1-6-9-11-18(17(14-20)15-22-16(4)25-5)21-12-10-13-23(8-3)19(24)7-2/h11,15,21H,6-10,12-13H2,1-5H3/b17-15-,18-11-,22-16?. The average Bonchev–Trinajstić information content (AvgIpc) is 2.64. The largest absolute Gasteiger partial charge is 0.384 e. The minimum absolute atomic E-state index is 0.184. The number of rotatable bonds is 11. The van der Waals surface area contributed by atoms with Crippen LogP contribution in [0.3, 0.4) is 0 Å². The lowest BCUT2D eigenvalue weighted by Gasteiger charge is -2.20. The topological polar surface area (TPSA) is 68.5 Å². The SMILES string of the molecule is CCC/C=C(NCCCN(CC)C(=O)CC)/C(C#N)=C\N=C(C)SC. The van der Waals surface area contributed by atoms with Crippen LogP contribution in [0.1, 0.15) is 53.4 Å². The van der Waals surface area contributed by atoms with Crippen molar-refractivity contribution < 1.29 is 4.79 Å². The molecule has 0 saturated carbocycles. The Balaban J connectivity index is 4.84. The summed E-state index contributed by atoms with van der Waals surface area (Å²) in [5, 5.41) is 13.7.